The van der Waals surface area contributed by atoms with E-state index in [1.54, 1.807) is 12.4 Å². The van der Waals surface area contributed by atoms with Crippen LogP contribution in [0.3, 0.4) is 0 Å². The van der Waals surface area contributed by atoms with E-state index in [-0.39, 0.29) is 30.7 Å². The minimum atomic E-state index is -1.22. The average molecular weight is 761 g/mol. The van der Waals surface area contributed by atoms with Crippen LogP contribution in [0.1, 0.15) is 68.9 Å². The van der Waals surface area contributed by atoms with Crippen LogP contribution in [0, 0.1) is 5.92 Å². The first-order chi connectivity index (χ1) is 25.8. The molecule has 0 radical (unpaired) electrons. The number of piperidine rings is 4. The zero-order valence-electron chi connectivity index (χ0n) is 29.6. The molecule has 13 nitrogen and oxygen atoms in total. The Morgan fingerprint density at radius 2 is 1.62 bits per heavy atom. The summed E-state index contributed by atoms with van der Waals surface area (Å²) in [6, 6.07) is 13.5. The standard InChI is InChI=1S/C38H45ClN8O5S/c39-27-22-40-37(41-23-27)42-28-13-19-46(20-14-28)53(51)30-4-1-3-29(21-30)45-17-9-25(10-18-45)24-44-15-11-26(12-16-44)31-5-2-6-32-35(31)52-38(50)47(32)33-7-8-34(48)43-36(33)49/h1-6,21-23,25-26,28,33H,7-20,24H2,(H,40,41,42)(H,43,48,49). The van der Waals surface area contributed by atoms with E-state index in [1.807, 2.05) is 30.3 Å². The number of benzene rings is 2. The number of aromatic nitrogens is 3. The molecule has 0 spiro atoms. The van der Waals surface area contributed by atoms with Gasteiger partial charge in [0.15, 0.2) is 5.58 Å². The van der Waals surface area contributed by atoms with Crippen molar-refractivity contribution in [3.63, 3.8) is 0 Å². The van der Waals surface area contributed by atoms with Gasteiger partial charge in [-0.15, -0.1) is 0 Å². The zero-order valence-corrected chi connectivity index (χ0v) is 31.2. The molecule has 4 aliphatic heterocycles. The van der Waals surface area contributed by atoms with Crippen LogP contribution in [-0.4, -0.2) is 91.6 Å². The normalized spacial score (nSPS) is 22.3. The molecule has 15 heteroatoms. The Balaban J connectivity index is 0.811. The lowest BCUT2D eigenvalue weighted by atomic mass is 9.87. The number of para-hydroxylation sites is 1. The first-order valence-electron chi connectivity index (χ1n) is 18.7. The minimum Gasteiger partial charge on any atom is -0.407 e. The van der Waals surface area contributed by atoms with Gasteiger partial charge in [-0.2, -0.15) is 0 Å². The van der Waals surface area contributed by atoms with Crippen molar-refractivity contribution in [3.05, 3.63) is 76.0 Å². The summed E-state index contributed by atoms with van der Waals surface area (Å²) in [4.78, 5) is 51.5. The van der Waals surface area contributed by atoms with Gasteiger partial charge >= 0.3 is 5.76 Å². The van der Waals surface area contributed by atoms with Crippen molar-refractivity contribution in [2.75, 3.05) is 56.0 Å². The summed E-state index contributed by atoms with van der Waals surface area (Å²) in [7, 11) is -1.22. The topological polar surface area (TPSA) is 146 Å². The van der Waals surface area contributed by atoms with Gasteiger partial charge in [-0.1, -0.05) is 29.8 Å². The Hall–Kier alpha value is -4.11. The van der Waals surface area contributed by atoms with Crippen LogP contribution >= 0.6 is 11.6 Å². The summed E-state index contributed by atoms with van der Waals surface area (Å²) in [5.41, 5.74) is 3.34. The lowest BCUT2D eigenvalue weighted by Crippen LogP contribution is -2.43. The molecule has 2 atom stereocenters. The van der Waals surface area contributed by atoms with Gasteiger partial charge in [0, 0.05) is 56.4 Å². The second-order valence-corrected chi connectivity index (χ2v) is 16.6. The molecule has 2 aromatic carbocycles. The predicted octanol–water partition coefficient (Wildman–Crippen LogP) is 4.71. The quantitative estimate of drug-likeness (QED) is 0.230. The Bertz CT molecular complexity index is 2030. The maximum atomic E-state index is 13.6. The molecule has 4 saturated heterocycles. The van der Waals surface area contributed by atoms with Gasteiger partial charge in [0.25, 0.3) is 0 Å². The minimum absolute atomic E-state index is 0.199. The highest BCUT2D eigenvalue weighted by molar-refractivity contribution is 7.82. The van der Waals surface area contributed by atoms with E-state index in [0.717, 1.165) is 100 Å². The first kappa shape index (κ1) is 35.9. The number of hydrogen-bond acceptors (Lipinski definition) is 10. The average Bonchev–Trinajstić information content (AvgIpc) is 3.52. The molecule has 0 saturated carbocycles. The zero-order chi connectivity index (χ0) is 36.5. The number of halogens is 1. The summed E-state index contributed by atoms with van der Waals surface area (Å²) in [6.07, 6.45) is 9.55. The van der Waals surface area contributed by atoms with Gasteiger partial charge < -0.3 is 19.5 Å². The summed E-state index contributed by atoms with van der Waals surface area (Å²) in [5, 5.41) is 6.23. The summed E-state index contributed by atoms with van der Waals surface area (Å²) < 4.78 is 22.9. The molecule has 280 valence electrons. The Labute approximate surface area is 315 Å². The highest BCUT2D eigenvalue weighted by Crippen LogP contribution is 2.35. The summed E-state index contributed by atoms with van der Waals surface area (Å²) in [5.74, 6) is 0.137. The Morgan fingerprint density at radius 1 is 0.887 bits per heavy atom. The molecule has 2 aromatic heterocycles. The molecule has 4 aromatic rings. The van der Waals surface area contributed by atoms with Crippen molar-refractivity contribution in [2.45, 2.75) is 74.3 Å². The molecule has 53 heavy (non-hydrogen) atoms. The molecule has 2 N–H and O–H groups in total. The molecule has 4 aliphatic rings. The van der Waals surface area contributed by atoms with E-state index < -0.39 is 28.7 Å². The van der Waals surface area contributed by atoms with Crippen molar-refractivity contribution in [1.29, 1.82) is 0 Å². The van der Waals surface area contributed by atoms with Crippen molar-refractivity contribution < 1.29 is 18.2 Å². The maximum absolute atomic E-state index is 13.6. The Kier molecular flexibility index (Phi) is 10.6. The molecule has 2 amide bonds. The third kappa shape index (κ3) is 7.91. The van der Waals surface area contributed by atoms with Gasteiger partial charge in [0.2, 0.25) is 17.8 Å². The molecular weight excluding hydrogens is 716 g/mol. The molecule has 6 heterocycles. The van der Waals surface area contributed by atoms with Gasteiger partial charge in [-0.3, -0.25) is 19.5 Å². The Morgan fingerprint density at radius 3 is 2.36 bits per heavy atom. The lowest BCUT2D eigenvalue weighted by Gasteiger charge is -2.38. The fourth-order valence-corrected chi connectivity index (χ4v) is 9.82. The van der Waals surface area contributed by atoms with E-state index in [4.69, 9.17) is 16.0 Å². The number of nitrogens with one attached hydrogen (secondary N) is 2. The number of anilines is 2. The third-order valence-electron chi connectivity index (χ3n) is 11.4. The number of nitrogens with zero attached hydrogens (tertiary/aromatic N) is 6. The number of oxazole rings is 1. The number of likely N-dealkylation sites (tertiary alicyclic amines) is 1. The van der Waals surface area contributed by atoms with Crippen LogP contribution in [-0.2, 0) is 20.6 Å². The van der Waals surface area contributed by atoms with Crippen molar-refractivity contribution in [2.24, 2.45) is 5.92 Å². The SMILES string of the molecule is O=C1CCC(n2c(=O)oc3c(C4CCN(CC5CCN(c6cccc(S(=O)N7CCC(Nc8ncc(Cl)cn8)CC7)c6)CC5)CC4)cccc32)C(=O)N1. The van der Waals surface area contributed by atoms with Crippen LogP contribution in [0.2, 0.25) is 5.02 Å². The van der Waals surface area contributed by atoms with Crippen molar-refractivity contribution >= 4 is 57.1 Å². The largest absolute Gasteiger partial charge is 0.420 e. The highest BCUT2D eigenvalue weighted by Gasteiger charge is 2.33. The second-order valence-electron chi connectivity index (χ2n) is 14.7. The number of hydrogen-bond donors (Lipinski definition) is 2. The van der Waals surface area contributed by atoms with Crippen molar-refractivity contribution in [1.82, 2.24) is 29.1 Å². The van der Waals surface area contributed by atoms with E-state index in [0.29, 0.717) is 28.0 Å². The van der Waals surface area contributed by atoms with E-state index in [1.165, 1.54) is 4.57 Å². The van der Waals surface area contributed by atoms with Crippen LogP contribution in [0.25, 0.3) is 11.1 Å². The second kappa shape index (κ2) is 15.7. The number of carbonyl (C=O) groups excluding carboxylic acids is 2. The number of carbonyl (C=O) groups is 2. The molecule has 8 rings (SSSR count). The molecule has 4 fully saturated rings. The molecular formula is C38H45ClN8O5S. The van der Waals surface area contributed by atoms with Gasteiger partial charge in [0.05, 0.1) is 27.8 Å². The number of rotatable bonds is 9. The van der Waals surface area contributed by atoms with E-state index in [2.05, 4.69) is 46.8 Å². The smallest absolute Gasteiger partial charge is 0.407 e. The number of fused-ring (bicyclic) bond motifs is 1. The van der Waals surface area contributed by atoms with Gasteiger partial charge in [0.1, 0.15) is 17.0 Å². The molecule has 2 unspecified atom stereocenters. The highest BCUT2D eigenvalue weighted by atomic mass is 35.5. The van der Waals surface area contributed by atoms with Crippen LogP contribution < -0.4 is 21.3 Å². The number of imide groups is 1. The van der Waals surface area contributed by atoms with Crippen molar-refractivity contribution in [3.8, 4) is 0 Å². The maximum Gasteiger partial charge on any atom is 0.420 e. The molecule has 0 aliphatic carbocycles. The summed E-state index contributed by atoms with van der Waals surface area (Å²) in [6.45, 7) is 6.46. The summed E-state index contributed by atoms with van der Waals surface area (Å²) >= 11 is 5.91. The first-order valence-corrected chi connectivity index (χ1v) is 20.2. The monoisotopic (exact) mass is 760 g/mol. The third-order valence-corrected chi connectivity index (χ3v) is 13.1. The fraction of sp³-hybridized carbons (Fsp3) is 0.500. The predicted molar refractivity (Wildman–Crippen MR) is 203 cm³/mol. The molecule has 0 bridgehead atoms. The van der Waals surface area contributed by atoms with Gasteiger partial charge in [-0.25, -0.2) is 23.3 Å². The fourth-order valence-electron chi connectivity index (χ4n) is 8.46. The van der Waals surface area contributed by atoms with Crippen LogP contribution in [0.15, 0.2) is 69.0 Å². The number of amides is 2. The van der Waals surface area contributed by atoms with Crippen LogP contribution in [0.4, 0.5) is 11.6 Å². The van der Waals surface area contributed by atoms with E-state index >= 15 is 0 Å². The van der Waals surface area contributed by atoms with E-state index in [9.17, 15) is 18.6 Å². The lowest BCUT2D eigenvalue weighted by molar-refractivity contribution is -0.135. The van der Waals surface area contributed by atoms with Crippen LogP contribution in [0.5, 0.6) is 0 Å². The van der Waals surface area contributed by atoms with Gasteiger partial charge in [-0.05, 0) is 94.1 Å².